The van der Waals surface area contributed by atoms with E-state index >= 15 is 0 Å². The van der Waals surface area contributed by atoms with Gasteiger partial charge in [-0.25, -0.2) is 0 Å². The second-order valence-corrected chi connectivity index (χ2v) is 11.5. The highest BCUT2D eigenvalue weighted by atomic mass is 19.4. The fourth-order valence-corrected chi connectivity index (χ4v) is 6.23. The van der Waals surface area contributed by atoms with Crippen LogP contribution in [0.2, 0.25) is 0 Å². The third kappa shape index (κ3) is 5.48. The fourth-order valence-electron chi connectivity index (χ4n) is 6.23. The van der Waals surface area contributed by atoms with Crippen LogP contribution in [0, 0.1) is 16.7 Å². The summed E-state index contributed by atoms with van der Waals surface area (Å²) in [4.78, 5) is 5.11. The van der Waals surface area contributed by atoms with Crippen molar-refractivity contribution >= 4 is 5.57 Å². The number of hydrogen-bond acceptors (Lipinski definition) is 6. The minimum Gasteiger partial charge on any atom is -0.388 e. The Balaban J connectivity index is 1.77. The molecule has 0 saturated carbocycles. The summed E-state index contributed by atoms with van der Waals surface area (Å²) in [5, 5.41) is 32.8. The first-order chi connectivity index (χ1) is 18.5. The number of rotatable bonds is 4. The molecular formula is C30H33F3N2O4. The lowest BCUT2D eigenvalue weighted by Crippen LogP contribution is -2.30. The average molecular weight is 543 g/mol. The summed E-state index contributed by atoms with van der Waals surface area (Å²) in [6, 6.07) is 4.83. The molecule has 2 atom stereocenters. The minimum absolute atomic E-state index is 0.0278. The zero-order valence-electron chi connectivity index (χ0n) is 22.1. The Bertz CT molecular complexity index is 1320. The first-order valence-electron chi connectivity index (χ1n) is 13.4. The molecule has 3 heterocycles. The van der Waals surface area contributed by atoms with Gasteiger partial charge in [-0.15, -0.1) is 0 Å². The Hall–Kier alpha value is -2.77. The van der Waals surface area contributed by atoms with Gasteiger partial charge >= 0.3 is 6.18 Å². The number of alkyl halides is 3. The average Bonchev–Trinajstić information content (AvgIpc) is 2.91. The van der Waals surface area contributed by atoms with Gasteiger partial charge in [-0.3, -0.25) is 4.98 Å². The molecule has 0 radical (unpaired) electrons. The van der Waals surface area contributed by atoms with Gasteiger partial charge in [-0.05, 0) is 66.4 Å². The molecule has 1 aromatic heterocycles. The number of fused-ring (bicyclic) bond motifs is 1. The number of aliphatic hydroxyl groups excluding tert-OH is 2. The third-order valence-electron chi connectivity index (χ3n) is 8.06. The van der Waals surface area contributed by atoms with Crippen molar-refractivity contribution in [2.45, 2.75) is 70.3 Å². The zero-order chi connectivity index (χ0) is 27.9. The topological polar surface area (TPSA) is 95.6 Å². The predicted octanol–water partition coefficient (Wildman–Crippen LogP) is 5.76. The second-order valence-electron chi connectivity index (χ2n) is 11.5. The summed E-state index contributed by atoms with van der Waals surface area (Å²) >= 11 is 0. The molecular weight excluding hydrogens is 509 g/mol. The van der Waals surface area contributed by atoms with Crippen LogP contribution >= 0.6 is 0 Å². The summed E-state index contributed by atoms with van der Waals surface area (Å²) in [5.74, 6) is -0.0278. The Morgan fingerprint density at radius 3 is 2.54 bits per heavy atom. The highest BCUT2D eigenvalue weighted by Gasteiger charge is 2.40. The quantitative estimate of drug-likeness (QED) is 0.510. The molecule has 0 amide bonds. The maximum Gasteiger partial charge on any atom is 0.417 e. The molecule has 1 saturated heterocycles. The van der Waals surface area contributed by atoms with Crippen LogP contribution in [0.3, 0.4) is 0 Å². The lowest BCUT2D eigenvalue weighted by molar-refractivity contribution is -0.137. The summed E-state index contributed by atoms with van der Waals surface area (Å²) < 4.78 is 51.7. The SMILES string of the molecule is CC1(C)Cc2nc(C3CCOCC3)c(C(O)c3ccc(C(F)(F)F)c(C#N)c3)c(C3=CCOCC3)c2C(O)C1. The first kappa shape index (κ1) is 27.8. The number of halogens is 3. The number of nitriles is 1. The van der Waals surface area contributed by atoms with Crippen molar-refractivity contribution < 1.29 is 32.9 Å². The van der Waals surface area contributed by atoms with Crippen molar-refractivity contribution in [3.05, 3.63) is 69.0 Å². The van der Waals surface area contributed by atoms with Crippen LogP contribution in [-0.2, 0) is 22.1 Å². The van der Waals surface area contributed by atoms with Crippen LogP contribution in [0.15, 0.2) is 24.3 Å². The van der Waals surface area contributed by atoms with E-state index in [-0.39, 0.29) is 16.9 Å². The molecule has 1 fully saturated rings. The van der Waals surface area contributed by atoms with Gasteiger partial charge in [-0.1, -0.05) is 26.0 Å². The van der Waals surface area contributed by atoms with Gasteiger partial charge in [0.2, 0.25) is 0 Å². The molecule has 0 bridgehead atoms. The van der Waals surface area contributed by atoms with Gasteiger partial charge in [0.15, 0.2) is 0 Å². The van der Waals surface area contributed by atoms with Gasteiger partial charge in [0.05, 0.1) is 42.2 Å². The highest BCUT2D eigenvalue weighted by Crippen LogP contribution is 2.49. The fraction of sp³-hybridized carbons (Fsp3) is 0.533. The van der Waals surface area contributed by atoms with Crippen LogP contribution < -0.4 is 0 Å². The number of benzene rings is 1. The van der Waals surface area contributed by atoms with Gasteiger partial charge in [0.25, 0.3) is 0 Å². The minimum atomic E-state index is -4.69. The van der Waals surface area contributed by atoms with E-state index in [1.54, 1.807) is 6.07 Å². The van der Waals surface area contributed by atoms with E-state index < -0.39 is 29.5 Å². The molecule has 2 unspecified atom stereocenters. The van der Waals surface area contributed by atoms with Crippen molar-refractivity contribution in [2.75, 3.05) is 26.4 Å². The Morgan fingerprint density at radius 2 is 1.90 bits per heavy atom. The molecule has 208 valence electrons. The van der Waals surface area contributed by atoms with Gasteiger partial charge < -0.3 is 19.7 Å². The number of pyridine rings is 1. The van der Waals surface area contributed by atoms with E-state index in [0.717, 1.165) is 29.0 Å². The van der Waals surface area contributed by atoms with Crippen molar-refractivity contribution in [2.24, 2.45) is 5.41 Å². The van der Waals surface area contributed by atoms with Crippen LogP contribution in [0.1, 0.15) is 102 Å². The lowest BCUT2D eigenvalue weighted by Gasteiger charge is -2.39. The van der Waals surface area contributed by atoms with Gasteiger partial charge in [0.1, 0.15) is 6.10 Å². The maximum absolute atomic E-state index is 13.5. The maximum atomic E-state index is 13.5. The molecule has 1 aliphatic carbocycles. The molecule has 2 aromatic rings. The predicted molar refractivity (Wildman–Crippen MR) is 138 cm³/mol. The van der Waals surface area contributed by atoms with E-state index in [4.69, 9.17) is 14.5 Å². The van der Waals surface area contributed by atoms with E-state index in [9.17, 15) is 28.6 Å². The van der Waals surface area contributed by atoms with Crippen LogP contribution in [0.25, 0.3) is 5.57 Å². The van der Waals surface area contributed by atoms with Crippen molar-refractivity contribution in [3.8, 4) is 6.07 Å². The molecule has 39 heavy (non-hydrogen) atoms. The van der Waals surface area contributed by atoms with Crippen LogP contribution in [0.4, 0.5) is 13.2 Å². The molecule has 0 spiro atoms. The number of hydrogen-bond donors (Lipinski definition) is 2. The molecule has 6 nitrogen and oxygen atoms in total. The largest absolute Gasteiger partial charge is 0.417 e. The Labute approximate surface area is 226 Å². The summed E-state index contributed by atoms with van der Waals surface area (Å²) in [5.41, 5.74) is 2.71. The van der Waals surface area contributed by atoms with E-state index in [2.05, 4.69) is 13.8 Å². The molecule has 3 aliphatic rings. The Morgan fingerprint density at radius 1 is 1.15 bits per heavy atom. The monoisotopic (exact) mass is 542 g/mol. The van der Waals surface area contributed by atoms with Crippen LogP contribution in [0.5, 0.6) is 0 Å². The van der Waals surface area contributed by atoms with E-state index in [1.165, 1.54) is 6.07 Å². The van der Waals surface area contributed by atoms with Crippen LogP contribution in [-0.4, -0.2) is 41.6 Å². The normalized spacial score (nSPS) is 22.5. The molecule has 9 heteroatoms. The molecule has 2 N–H and O–H groups in total. The number of ether oxygens (including phenoxy) is 2. The number of aromatic nitrogens is 1. The third-order valence-corrected chi connectivity index (χ3v) is 8.06. The van der Waals surface area contributed by atoms with Gasteiger partial charge in [-0.2, -0.15) is 18.4 Å². The molecule has 5 rings (SSSR count). The molecule has 2 aliphatic heterocycles. The number of nitrogens with zero attached hydrogens (tertiary/aromatic N) is 2. The molecule has 1 aromatic carbocycles. The van der Waals surface area contributed by atoms with Crippen molar-refractivity contribution in [3.63, 3.8) is 0 Å². The second kappa shape index (κ2) is 10.7. The standard InChI is InChI=1S/C30H33F3N2O4/c1-29(2)14-22-25(23(36)15-29)24(17-5-9-38-10-6-17)26(27(35-22)18-7-11-39-12-8-18)28(37)19-3-4-21(30(31,32)33)20(13-19)16-34/h3-5,13,18,23,28,36-37H,6-12,14-15H2,1-2H3. The Kier molecular flexibility index (Phi) is 7.59. The van der Waals surface area contributed by atoms with Crippen molar-refractivity contribution in [1.29, 1.82) is 5.26 Å². The summed E-state index contributed by atoms with van der Waals surface area (Å²) in [7, 11) is 0. The van der Waals surface area contributed by atoms with E-state index in [1.807, 2.05) is 6.08 Å². The number of aliphatic hydroxyl groups is 2. The van der Waals surface area contributed by atoms with Crippen molar-refractivity contribution in [1.82, 2.24) is 4.98 Å². The zero-order valence-corrected chi connectivity index (χ0v) is 22.1. The highest BCUT2D eigenvalue weighted by molar-refractivity contribution is 5.75. The van der Waals surface area contributed by atoms with Gasteiger partial charge in [0, 0.05) is 36.0 Å². The summed E-state index contributed by atoms with van der Waals surface area (Å²) in [6.07, 6.45) is -1.79. The lowest BCUT2D eigenvalue weighted by atomic mass is 9.70. The smallest absolute Gasteiger partial charge is 0.388 e. The first-order valence-corrected chi connectivity index (χ1v) is 13.4. The summed E-state index contributed by atoms with van der Waals surface area (Å²) in [6.45, 7) is 6.13. The van der Waals surface area contributed by atoms with E-state index in [0.29, 0.717) is 75.4 Å².